The van der Waals surface area contributed by atoms with Crippen LogP contribution in [0.25, 0.3) is 33.4 Å². The fraction of sp³-hybridized carbons (Fsp3) is 0.222. The number of benzene rings is 3. The van der Waals surface area contributed by atoms with Gasteiger partial charge in [-0.3, -0.25) is 4.79 Å². The monoisotopic (exact) mass is 443 g/mol. The first-order valence-corrected chi connectivity index (χ1v) is 11.0. The number of fused-ring (bicyclic) bond motifs is 1. The van der Waals surface area contributed by atoms with Crippen molar-refractivity contribution in [1.82, 2.24) is 0 Å². The summed E-state index contributed by atoms with van der Waals surface area (Å²) in [6, 6.07) is 18.0. The predicted molar refractivity (Wildman–Crippen MR) is 130 cm³/mol. The zero-order chi connectivity index (χ0) is 22.9. The number of aromatic hydroxyl groups is 1. The van der Waals surface area contributed by atoms with E-state index in [1.165, 1.54) is 31.7 Å². The average molecular weight is 443 g/mol. The lowest BCUT2D eigenvalue weighted by Crippen LogP contribution is -2.17. The Hall–Kier alpha value is -3.93. The van der Waals surface area contributed by atoms with Crippen molar-refractivity contribution in [3.05, 3.63) is 70.9 Å². The molecule has 2 heterocycles. The van der Waals surface area contributed by atoms with Crippen LogP contribution in [0.4, 0.5) is 5.69 Å². The van der Waals surface area contributed by atoms with Crippen molar-refractivity contribution < 1.29 is 19.0 Å². The summed E-state index contributed by atoms with van der Waals surface area (Å²) in [4.78, 5) is 15.6. The van der Waals surface area contributed by atoms with Gasteiger partial charge in [0.05, 0.1) is 19.8 Å². The van der Waals surface area contributed by atoms with Gasteiger partial charge in [0, 0.05) is 36.5 Å². The lowest BCUT2D eigenvalue weighted by atomic mass is 9.99. The van der Waals surface area contributed by atoms with Crippen molar-refractivity contribution >= 4 is 16.7 Å². The molecule has 6 heteroatoms. The average Bonchev–Trinajstić information content (AvgIpc) is 3.38. The van der Waals surface area contributed by atoms with Crippen molar-refractivity contribution in [2.24, 2.45) is 0 Å². The van der Waals surface area contributed by atoms with E-state index in [1.54, 1.807) is 37.4 Å². The topological polar surface area (TPSA) is 72.1 Å². The Balaban J connectivity index is 1.74. The van der Waals surface area contributed by atoms with Gasteiger partial charge in [-0.1, -0.05) is 12.1 Å². The van der Waals surface area contributed by atoms with Gasteiger partial charge in [0.25, 0.3) is 0 Å². The third-order valence-corrected chi connectivity index (χ3v) is 6.15. The van der Waals surface area contributed by atoms with Crippen molar-refractivity contribution in [1.29, 1.82) is 0 Å². The van der Waals surface area contributed by atoms with Gasteiger partial charge in [-0.05, 0) is 54.8 Å². The molecule has 5 rings (SSSR count). The number of ether oxygens (including phenoxy) is 2. The van der Waals surface area contributed by atoms with Gasteiger partial charge in [-0.2, -0.15) is 0 Å². The summed E-state index contributed by atoms with van der Waals surface area (Å²) in [6.45, 7) is 2.14. The number of phenolic OH excluding ortho intramolecular Hbond substituents is 1. The fourth-order valence-electron chi connectivity index (χ4n) is 4.46. The Morgan fingerprint density at radius 1 is 0.848 bits per heavy atom. The smallest absolute Gasteiger partial charge is 0.197 e. The number of hydrogen-bond donors (Lipinski definition) is 1. The standard InChI is InChI=1S/C27H25NO5/c1-31-23-16-24(32-2)26-21(30)15-22(17-7-11-20(29)12-8-17)33-27(26)25(23)18-5-9-19(10-6-18)28-13-3-4-14-28/h5-12,15-16,29H,3-4,13-14H2,1-2H3. The van der Waals surface area contributed by atoms with E-state index >= 15 is 0 Å². The molecule has 1 saturated heterocycles. The second-order valence-corrected chi connectivity index (χ2v) is 8.12. The van der Waals surface area contributed by atoms with E-state index in [2.05, 4.69) is 17.0 Å². The molecule has 0 bridgehead atoms. The van der Waals surface area contributed by atoms with E-state index in [9.17, 15) is 9.90 Å². The highest BCUT2D eigenvalue weighted by molar-refractivity contribution is 6.00. The van der Waals surface area contributed by atoms with Crippen LogP contribution in [0.15, 0.2) is 69.9 Å². The Kier molecular flexibility index (Phi) is 5.42. The van der Waals surface area contributed by atoms with Crippen molar-refractivity contribution in [3.8, 4) is 39.7 Å². The summed E-state index contributed by atoms with van der Waals surface area (Å²) in [5.74, 6) is 1.49. The summed E-state index contributed by atoms with van der Waals surface area (Å²) < 4.78 is 17.5. The molecule has 0 atom stereocenters. The lowest BCUT2D eigenvalue weighted by molar-refractivity contribution is 0.397. The number of methoxy groups -OCH3 is 2. The fourth-order valence-corrected chi connectivity index (χ4v) is 4.46. The van der Waals surface area contributed by atoms with Gasteiger partial charge < -0.3 is 23.9 Å². The molecule has 6 nitrogen and oxygen atoms in total. The molecule has 0 amide bonds. The quantitative estimate of drug-likeness (QED) is 0.442. The van der Waals surface area contributed by atoms with Crippen LogP contribution in [-0.2, 0) is 0 Å². The molecule has 4 aromatic rings. The molecule has 0 radical (unpaired) electrons. The van der Waals surface area contributed by atoms with E-state index in [4.69, 9.17) is 13.9 Å². The second-order valence-electron chi connectivity index (χ2n) is 8.12. The molecule has 0 spiro atoms. The third-order valence-electron chi connectivity index (χ3n) is 6.15. The summed E-state index contributed by atoms with van der Waals surface area (Å²) in [7, 11) is 3.11. The second kappa shape index (κ2) is 8.54. The van der Waals surface area contributed by atoms with E-state index in [0.29, 0.717) is 39.4 Å². The molecular weight excluding hydrogens is 418 g/mol. The van der Waals surface area contributed by atoms with Crippen LogP contribution in [-0.4, -0.2) is 32.4 Å². The van der Waals surface area contributed by atoms with E-state index in [0.717, 1.165) is 18.7 Å². The van der Waals surface area contributed by atoms with Gasteiger partial charge in [-0.15, -0.1) is 0 Å². The van der Waals surface area contributed by atoms with Crippen molar-refractivity contribution in [3.63, 3.8) is 0 Å². The zero-order valence-corrected chi connectivity index (χ0v) is 18.6. The maximum Gasteiger partial charge on any atom is 0.197 e. The first-order chi connectivity index (χ1) is 16.1. The highest BCUT2D eigenvalue weighted by Crippen LogP contribution is 2.42. The van der Waals surface area contributed by atoms with E-state index in [-0.39, 0.29) is 11.2 Å². The van der Waals surface area contributed by atoms with Gasteiger partial charge in [-0.25, -0.2) is 0 Å². The summed E-state index contributed by atoms with van der Waals surface area (Å²) >= 11 is 0. The maximum atomic E-state index is 13.2. The summed E-state index contributed by atoms with van der Waals surface area (Å²) in [5.41, 5.74) is 3.63. The number of nitrogens with zero attached hydrogens (tertiary/aromatic N) is 1. The molecule has 33 heavy (non-hydrogen) atoms. The number of phenols is 1. The van der Waals surface area contributed by atoms with Crippen LogP contribution in [0.5, 0.6) is 17.2 Å². The molecule has 1 aliphatic heterocycles. The summed E-state index contributed by atoms with van der Waals surface area (Å²) in [5, 5.41) is 9.99. The van der Waals surface area contributed by atoms with Crippen LogP contribution < -0.4 is 19.8 Å². The first-order valence-electron chi connectivity index (χ1n) is 11.0. The number of anilines is 1. The van der Waals surface area contributed by atoms with Crippen LogP contribution >= 0.6 is 0 Å². The van der Waals surface area contributed by atoms with Gasteiger partial charge in [0.2, 0.25) is 0 Å². The van der Waals surface area contributed by atoms with Crippen LogP contribution in [0.3, 0.4) is 0 Å². The minimum absolute atomic E-state index is 0.143. The normalized spacial score (nSPS) is 13.5. The molecular formula is C27H25NO5. The van der Waals surface area contributed by atoms with Gasteiger partial charge in [0.1, 0.15) is 28.4 Å². The number of rotatable bonds is 5. The van der Waals surface area contributed by atoms with Gasteiger partial charge >= 0.3 is 0 Å². The SMILES string of the molecule is COc1cc(OC)c2c(=O)cc(-c3ccc(O)cc3)oc2c1-c1ccc(N2CCCC2)cc1. The molecule has 168 valence electrons. The first kappa shape index (κ1) is 20.9. The highest BCUT2D eigenvalue weighted by atomic mass is 16.5. The minimum atomic E-state index is -0.214. The molecule has 0 aliphatic carbocycles. The Labute approximate surface area is 191 Å². The molecule has 0 saturated carbocycles. The number of hydrogen-bond acceptors (Lipinski definition) is 6. The molecule has 1 aliphatic rings. The maximum absolute atomic E-state index is 13.2. The Morgan fingerprint density at radius 3 is 2.12 bits per heavy atom. The summed E-state index contributed by atoms with van der Waals surface area (Å²) in [6.07, 6.45) is 2.42. The van der Waals surface area contributed by atoms with Crippen molar-refractivity contribution in [2.75, 3.05) is 32.2 Å². The minimum Gasteiger partial charge on any atom is -0.508 e. The Morgan fingerprint density at radius 2 is 1.48 bits per heavy atom. The van der Waals surface area contributed by atoms with Gasteiger partial charge in [0.15, 0.2) is 11.0 Å². The van der Waals surface area contributed by atoms with Crippen molar-refractivity contribution in [2.45, 2.75) is 12.8 Å². The van der Waals surface area contributed by atoms with E-state index < -0.39 is 0 Å². The van der Waals surface area contributed by atoms with Crippen LogP contribution in [0.1, 0.15) is 12.8 Å². The molecule has 0 unspecified atom stereocenters. The van der Waals surface area contributed by atoms with E-state index in [1.807, 2.05) is 12.1 Å². The molecule has 3 aromatic carbocycles. The molecule has 1 aromatic heterocycles. The Bertz CT molecular complexity index is 1350. The highest BCUT2D eigenvalue weighted by Gasteiger charge is 2.22. The lowest BCUT2D eigenvalue weighted by Gasteiger charge is -2.19. The molecule has 1 fully saturated rings. The third kappa shape index (κ3) is 3.78. The predicted octanol–water partition coefficient (Wildman–Crippen LogP) is 5.45. The van der Waals surface area contributed by atoms with Crippen LogP contribution in [0, 0.1) is 0 Å². The largest absolute Gasteiger partial charge is 0.508 e. The zero-order valence-electron chi connectivity index (χ0n) is 18.6. The van der Waals surface area contributed by atoms with Crippen LogP contribution in [0.2, 0.25) is 0 Å². The molecule has 1 N–H and O–H groups in total.